The molecule has 23 heavy (non-hydrogen) atoms. The van der Waals surface area contributed by atoms with Gasteiger partial charge in [-0.2, -0.15) is 5.10 Å². The van der Waals surface area contributed by atoms with E-state index in [0.29, 0.717) is 42.8 Å². The van der Waals surface area contributed by atoms with Gasteiger partial charge in [0.1, 0.15) is 0 Å². The number of hydrogen-bond donors (Lipinski definition) is 1. The van der Waals surface area contributed by atoms with Crippen LogP contribution in [0.5, 0.6) is 11.5 Å². The van der Waals surface area contributed by atoms with Gasteiger partial charge in [0.05, 0.1) is 20.8 Å². The fourth-order valence-corrected chi connectivity index (χ4v) is 3.22. The molecular formula is C14H7Cl5N2O2. The first kappa shape index (κ1) is 16.8. The van der Waals surface area contributed by atoms with E-state index in [1.54, 1.807) is 12.1 Å². The molecule has 0 atom stereocenters. The average molecular weight is 412 g/mol. The van der Waals surface area contributed by atoms with Crippen LogP contribution in [0.15, 0.2) is 29.4 Å². The van der Waals surface area contributed by atoms with Crippen molar-refractivity contribution in [3.63, 3.8) is 0 Å². The lowest BCUT2D eigenvalue weighted by atomic mass is 10.2. The third kappa shape index (κ3) is 3.57. The third-order valence-electron chi connectivity index (χ3n) is 2.94. The first-order valence-corrected chi connectivity index (χ1v) is 8.08. The lowest BCUT2D eigenvalue weighted by Crippen LogP contribution is -1.99. The maximum Gasteiger partial charge on any atom is 0.231 e. The summed E-state index contributed by atoms with van der Waals surface area (Å²) < 4.78 is 10.5. The van der Waals surface area contributed by atoms with Gasteiger partial charge in [-0.3, -0.25) is 5.43 Å². The molecule has 120 valence electrons. The fraction of sp³-hybridized carbons (Fsp3) is 0.0714. The summed E-state index contributed by atoms with van der Waals surface area (Å²) in [7, 11) is 0. The number of hydrogen-bond acceptors (Lipinski definition) is 4. The molecule has 0 unspecified atom stereocenters. The molecule has 2 aromatic carbocycles. The van der Waals surface area contributed by atoms with Gasteiger partial charge in [-0.15, -0.1) is 0 Å². The zero-order valence-corrected chi connectivity index (χ0v) is 14.9. The lowest BCUT2D eigenvalue weighted by molar-refractivity contribution is 0.174. The van der Waals surface area contributed by atoms with Crippen LogP contribution >= 0.6 is 58.0 Å². The van der Waals surface area contributed by atoms with Crippen LogP contribution in [-0.4, -0.2) is 12.0 Å². The molecule has 1 aliphatic heterocycles. The van der Waals surface area contributed by atoms with E-state index in [2.05, 4.69) is 10.5 Å². The van der Waals surface area contributed by atoms with Gasteiger partial charge in [-0.25, -0.2) is 0 Å². The molecule has 9 heteroatoms. The minimum Gasteiger partial charge on any atom is -0.454 e. The van der Waals surface area contributed by atoms with Crippen LogP contribution in [-0.2, 0) is 0 Å². The molecule has 0 bridgehead atoms. The predicted octanol–water partition coefficient (Wildman–Crippen LogP) is 6.04. The van der Waals surface area contributed by atoms with Crippen molar-refractivity contribution in [3.05, 3.63) is 49.9 Å². The van der Waals surface area contributed by atoms with E-state index in [0.717, 1.165) is 0 Å². The molecule has 4 nitrogen and oxygen atoms in total. The highest BCUT2D eigenvalue weighted by molar-refractivity contribution is 6.69. The van der Waals surface area contributed by atoms with E-state index < -0.39 is 0 Å². The Morgan fingerprint density at radius 2 is 1.65 bits per heavy atom. The molecule has 0 aromatic heterocycles. The molecule has 0 amide bonds. The maximum atomic E-state index is 6.19. The molecule has 0 fully saturated rings. The highest BCUT2D eigenvalue weighted by atomic mass is 35.5. The summed E-state index contributed by atoms with van der Waals surface area (Å²) in [4.78, 5) is 0. The highest BCUT2D eigenvalue weighted by Gasteiger charge is 2.19. The summed E-state index contributed by atoms with van der Waals surface area (Å²) in [5, 5.41) is 5.63. The first-order chi connectivity index (χ1) is 11.0. The monoisotopic (exact) mass is 410 g/mol. The average Bonchev–Trinajstić information content (AvgIpc) is 2.94. The van der Waals surface area contributed by atoms with Gasteiger partial charge in [0.25, 0.3) is 0 Å². The number of anilines is 1. The van der Waals surface area contributed by atoms with Crippen molar-refractivity contribution >= 4 is 68.9 Å². The first-order valence-electron chi connectivity index (χ1n) is 6.19. The molecule has 0 spiro atoms. The van der Waals surface area contributed by atoms with Crippen molar-refractivity contribution in [2.45, 2.75) is 0 Å². The Kier molecular flexibility index (Phi) is 4.99. The highest BCUT2D eigenvalue weighted by Crippen LogP contribution is 2.40. The van der Waals surface area contributed by atoms with Crippen LogP contribution < -0.4 is 14.9 Å². The van der Waals surface area contributed by atoms with Crippen LogP contribution in [0.2, 0.25) is 20.1 Å². The molecule has 0 aliphatic carbocycles. The zero-order chi connectivity index (χ0) is 16.6. The molecular weight excluding hydrogens is 405 g/mol. The Morgan fingerprint density at radius 1 is 0.957 bits per heavy atom. The fourth-order valence-electron chi connectivity index (χ4n) is 1.91. The van der Waals surface area contributed by atoms with Gasteiger partial charge in [0.2, 0.25) is 6.79 Å². The van der Waals surface area contributed by atoms with Gasteiger partial charge in [-0.1, -0.05) is 58.0 Å². The Labute approximate surface area is 156 Å². The molecule has 0 saturated carbocycles. The lowest BCUT2D eigenvalue weighted by Gasteiger charge is -2.08. The Bertz CT molecular complexity index is 787. The molecule has 3 rings (SSSR count). The van der Waals surface area contributed by atoms with Crippen LogP contribution in [0, 0.1) is 0 Å². The minimum absolute atomic E-state index is 0.113. The van der Waals surface area contributed by atoms with Gasteiger partial charge < -0.3 is 9.47 Å². The summed E-state index contributed by atoms with van der Waals surface area (Å²) in [6.07, 6.45) is 0. The molecule has 1 N–H and O–H groups in total. The smallest absolute Gasteiger partial charge is 0.231 e. The molecule has 0 saturated heterocycles. The quantitative estimate of drug-likeness (QED) is 0.494. The van der Waals surface area contributed by atoms with Gasteiger partial charge >= 0.3 is 0 Å². The van der Waals surface area contributed by atoms with E-state index in [4.69, 9.17) is 67.5 Å². The van der Waals surface area contributed by atoms with Crippen molar-refractivity contribution in [1.82, 2.24) is 0 Å². The van der Waals surface area contributed by atoms with Crippen molar-refractivity contribution in [2.75, 3.05) is 12.2 Å². The van der Waals surface area contributed by atoms with E-state index in [1.165, 1.54) is 12.1 Å². The number of nitrogens with one attached hydrogen (secondary N) is 1. The van der Waals surface area contributed by atoms with Gasteiger partial charge in [0, 0.05) is 10.6 Å². The summed E-state index contributed by atoms with van der Waals surface area (Å²) >= 11 is 30.3. The van der Waals surface area contributed by atoms with Crippen LogP contribution in [0.1, 0.15) is 5.56 Å². The third-order valence-corrected chi connectivity index (χ3v) is 4.34. The summed E-state index contributed by atoms with van der Waals surface area (Å²) in [5.74, 6) is 0.986. The van der Waals surface area contributed by atoms with E-state index in [9.17, 15) is 0 Å². The Hall–Kier alpha value is -1.04. The number of fused-ring (bicyclic) bond motifs is 1. The second kappa shape index (κ2) is 6.83. The second-order valence-corrected chi connectivity index (χ2v) is 6.47. The summed E-state index contributed by atoms with van der Waals surface area (Å²) in [6, 6.07) is 6.37. The van der Waals surface area contributed by atoms with Crippen molar-refractivity contribution in [2.24, 2.45) is 5.10 Å². The molecule has 2 aromatic rings. The number of ether oxygens (including phenoxy) is 2. The molecule has 0 radical (unpaired) electrons. The summed E-state index contributed by atoms with van der Waals surface area (Å²) in [6.45, 7) is 0.113. The predicted molar refractivity (Wildman–Crippen MR) is 95.1 cm³/mol. The van der Waals surface area contributed by atoms with Crippen molar-refractivity contribution in [1.29, 1.82) is 0 Å². The maximum absolute atomic E-state index is 6.19. The van der Waals surface area contributed by atoms with Crippen LogP contribution in [0.25, 0.3) is 0 Å². The Morgan fingerprint density at radius 3 is 2.35 bits per heavy atom. The largest absolute Gasteiger partial charge is 0.454 e. The standard InChI is InChI=1S/C14H7Cl5N2O2/c15-7-3-8(16)12(9(17)4-7)20-21-14(19)6-1-10(18)13-11(2-6)22-5-23-13/h1-4,20H,5H2/b21-14-. The van der Waals surface area contributed by atoms with Crippen molar-refractivity contribution in [3.8, 4) is 11.5 Å². The molecule has 1 heterocycles. The van der Waals surface area contributed by atoms with E-state index >= 15 is 0 Å². The van der Waals surface area contributed by atoms with Crippen LogP contribution in [0.3, 0.4) is 0 Å². The summed E-state index contributed by atoms with van der Waals surface area (Å²) in [5.41, 5.74) is 3.65. The zero-order valence-electron chi connectivity index (χ0n) is 11.2. The van der Waals surface area contributed by atoms with E-state index in [1.807, 2.05) is 0 Å². The minimum atomic E-state index is 0.113. The normalized spacial score (nSPS) is 13.3. The van der Waals surface area contributed by atoms with Crippen molar-refractivity contribution < 1.29 is 9.47 Å². The van der Waals surface area contributed by atoms with Crippen LogP contribution in [0.4, 0.5) is 5.69 Å². The van der Waals surface area contributed by atoms with E-state index in [-0.39, 0.29) is 12.0 Å². The number of hydrazone groups is 1. The number of halogens is 5. The topological polar surface area (TPSA) is 42.9 Å². The molecule has 1 aliphatic rings. The number of nitrogens with zero attached hydrogens (tertiary/aromatic N) is 1. The Balaban J connectivity index is 1.88. The number of benzene rings is 2. The second-order valence-electron chi connectivity index (χ2n) is 4.45. The van der Waals surface area contributed by atoms with Gasteiger partial charge in [0.15, 0.2) is 16.7 Å². The SMILES string of the molecule is Cl/C(=N\Nc1c(Cl)cc(Cl)cc1Cl)c1cc(Cl)c2c(c1)OCO2. The number of rotatable bonds is 3. The van der Waals surface area contributed by atoms with Gasteiger partial charge in [-0.05, 0) is 24.3 Å².